The first-order valence-electron chi connectivity index (χ1n) is 7.81. The molecule has 114 valence electrons. The summed E-state index contributed by atoms with van der Waals surface area (Å²) < 4.78 is 0. The lowest BCUT2D eigenvalue weighted by atomic mass is 9.95. The lowest BCUT2D eigenvalue weighted by molar-refractivity contribution is -0.132. The van der Waals surface area contributed by atoms with Crippen molar-refractivity contribution in [2.75, 3.05) is 27.2 Å². The fourth-order valence-electron chi connectivity index (χ4n) is 3.65. The molecule has 0 bridgehead atoms. The van der Waals surface area contributed by atoms with Gasteiger partial charge in [-0.15, -0.1) is 0 Å². The number of rotatable bonds is 2. The maximum absolute atomic E-state index is 12.8. The molecule has 4 heteroatoms. The van der Waals surface area contributed by atoms with E-state index in [1.165, 1.54) is 11.1 Å². The minimum atomic E-state index is -0.0620. The molecule has 1 amide bonds. The third-order valence-electron chi connectivity index (χ3n) is 4.93. The fourth-order valence-corrected chi connectivity index (χ4v) is 3.65. The number of nitrogens with one attached hydrogen (secondary N) is 1. The second-order valence-electron chi connectivity index (χ2n) is 6.66. The van der Waals surface area contributed by atoms with Gasteiger partial charge in [-0.3, -0.25) is 4.79 Å². The third-order valence-corrected chi connectivity index (χ3v) is 4.93. The molecule has 0 aromatic heterocycles. The topological polar surface area (TPSA) is 35.6 Å². The van der Waals surface area contributed by atoms with E-state index < -0.39 is 0 Å². The molecular weight excluding hydrogens is 262 g/mol. The molecule has 0 radical (unpaired) electrons. The second kappa shape index (κ2) is 5.78. The summed E-state index contributed by atoms with van der Waals surface area (Å²) in [5, 5.41) is 3.41. The van der Waals surface area contributed by atoms with Gasteiger partial charge in [0, 0.05) is 25.7 Å². The van der Waals surface area contributed by atoms with Crippen LogP contribution in [0.25, 0.3) is 0 Å². The molecule has 0 saturated carbocycles. The molecule has 1 aromatic rings. The van der Waals surface area contributed by atoms with Crippen molar-refractivity contribution in [2.24, 2.45) is 5.92 Å². The van der Waals surface area contributed by atoms with Crippen LogP contribution in [0.1, 0.15) is 18.1 Å². The van der Waals surface area contributed by atoms with Gasteiger partial charge in [0.25, 0.3) is 0 Å². The van der Waals surface area contributed by atoms with Gasteiger partial charge in [0.2, 0.25) is 5.91 Å². The highest BCUT2D eigenvalue weighted by atomic mass is 16.2. The summed E-state index contributed by atoms with van der Waals surface area (Å²) in [4.78, 5) is 17.0. The summed E-state index contributed by atoms with van der Waals surface area (Å²) in [6.07, 6.45) is 0.812. The number of amides is 1. The minimum Gasteiger partial charge on any atom is -0.339 e. The SMILES string of the molecule is CC1CN(C(=O)C2Cc3ccccc3CN2)CC1N(C)C. The van der Waals surface area contributed by atoms with Crippen molar-refractivity contribution >= 4 is 5.91 Å². The average molecular weight is 287 g/mol. The van der Waals surface area contributed by atoms with Crippen LogP contribution in [0.5, 0.6) is 0 Å². The molecule has 1 N–H and O–H groups in total. The third kappa shape index (κ3) is 2.83. The monoisotopic (exact) mass is 287 g/mol. The Kier molecular flexibility index (Phi) is 4.00. The van der Waals surface area contributed by atoms with Crippen LogP contribution < -0.4 is 5.32 Å². The zero-order valence-corrected chi connectivity index (χ0v) is 13.2. The number of fused-ring (bicyclic) bond motifs is 1. The van der Waals surface area contributed by atoms with Gasteiger partial charge in [-0.2, -0.15) is 0 Å². The van der Waals surface area contributed by atoms with Gasteiger partial charge in [-0.05, 0) is 37.6 Å². The summed E-state index contributed by atoms with van der Waals surface area (Å²) in [7, 11) is 4.20. The number of hydrogen-bond donors (Lipinski definition) is 1. The van der Waals surface area contributed by atoms with Crippen molar-refractivity contribution in [3.05, 3.63) is 35.4 Å². The highest BCUT2D eigenvalue weighted by Crippen LogP contribution is 2.23. The van der Waals surface area contributed by atoms with Crippen molar-refractivity contribution in [3.8, 4) is 0 Å². The van der Waals surface area contributed by atoms with Crippen molar-refractivity contribution in [2.45, 2.75) is 32.0 Å². The van der Waals surface area contributed by atoms with Crippen molar-refractivity contribution in [3.63, 3.8) is 0 Å². The molecule has 3 atom stereocenters. The number of benzene rings is 1. The van der Waals surface area contributed by atoms with Crippen LogP contribution in [0.3, 0.4) is 0 Å². The Bertz CT molecular complexity index is 529. The van der Waals surface area contributed by atoms with Crippen molar-refractivity contribution < 1.29 is 4.79 Å². The van der Waals surface area contributed by atoms with Crippen LogP contribution >= 0.6 is 0 Å². The molecule has 3 rings (SSSR count). The zero-order chi connectivity index (χ0) is 15.0. The van der Waals surface area contributed by atoms with Crippen LogP contribution in [-0.4, -0.2) is 55.0 Å². The summed E-state index contributed by atoms with van der Waals surface area (Å²) in [5.74, 6) is 0.806. The van der Waals surface area contributed by atoms with Crippen molar-refractivity contribution in [1.82, 2.24) is 15.1 Å². The fraction of sp³-hybridized carbons (Fsp3) is 0.588. The smallest absolute Gasteiger partial charge is 0.240 e. The van der Waals surface area contributed by atoms with Gasteiger partial charge in [0.1, 0.15) is 0 Å². The second-order valence-corrected chi connectivity index (χ2v) is 6.66. The van der Waals surface area contributed by atoms with E-state index in [1.807, 2.05) is 4.90 Å². The van der Waals surface area contributed by atoms with E-state index in [4.69, 9.17) is 0 Å². The standard InChI is InChI=1S/C17H25N3O/c1-12-10-20(11-16(12)19(2)3)17(21)15-8-13-6-4-5-7-14(13)9-18-15/h4-7,12,15-16,18H,8-11H2,1-3H3. The predicted molar refractivity (Wildman–Crippen MR) is 84.0 cm³/mol. The van der Waals surface area contributed by atoms with E-state index >= 15 is 0 Å². The predicted octanol–water partition coefficient (Wildman–Crippen LogP) is 1.11. The zero-order valence-electron chi connectivity index (χ0n) is 13.2. The number of carbonyl (C=O) groups excluding carboxylic acids is 1. The Morgan fingerprint density at radius 1 is 1.24 bits per heavy atom. The molecule has 0 spiro atoms. The molecule has 3 unspecified atom stereocenters. The Hall–Kier alpha value is -1.39. The first-order chi connectivity index (χ1) is 10.1. The molecule has 1 saturated heterocycles. The van der Waals surface area contributed by atoms with E-state index in [9.17, 15) is 4.79 Å². The quantitative estimate of drug-likeness (QED) is 0.885. The number of likely N-dealkylation sites (tertiary alicyclic amines) is 1. The van der Waals surface area contributed by atoms with Gasteiger partial charge >= 0.3 is 0 Å². The van der Waals surface area contributed by atoms with Gasteiger partial charge in [-0.25, -0.2) is 0 Å². The van der Waals surface area contributed by atoms with Gasteiger partial charge < -0.3 is 15.1 Å². The Morgan fingerprint density at radius 3 is 2.62 bits per heavy atom. The van der Waals surface area contributed by atoms with E-state index in [0.717, 1.165) is 26.1 Å². The van der Waals surface area contributed by atoms with Crippen LogP contribution in [0.4, 0.5) is 0 Å². The van der Waals surface area contributed by atoms with Crippen LogP contribution in [0.15, 0.2) is 24.3 Å². The van der Waals surface area contributed by atoms with E-state index in [-0.39, 0.29) is 11.9 Å². The first-order valence-corrected chi connectivity index (χ1v) is 7.81. The molecule has 0 aliphatic carbocycles. The molecule has 4 nitrogen and oxygen atoms in total. The van der Waals surface area contributed by atoms with E-state index in [2.05, 4.69) is 55.5 Å². The van der Waals surface area contributed by atoms with Gasteiger partial charge in [0.15, 0.2) is 0 Å². The van der Waals surface area contributed by atoms with Gasteiger partial charge in [-0.1, -0.05) is 31.2 Å². The maximum atomic E-state index is 12.8. The normalized spacial score (nSPS) is 28.8. The largest absolute Gasteiger partial charge is 0.339 e. The van der Waals surface area contributed by atoms with Crippen LogP contribution in [-0.2, 0) is 17.8 Å². The molecule has 1 aromatic carbocycles. The molecule has 21 heavy (non-hydrogen) atoms. The average Bonchev–Trinajstić information content (AvgIpc) is 2.88. The lowest BCUT2D eigenvalue weighted by Crippen LogP contribution is -2.49. The van der Waals surface area contributed by atoms with Crippen LogP contribution in [0.2, 0.25) is 0 Å². The molecule has 2 aliphatic rings. The van der Waals surface area contributed by atoms with E-state index in [1.54, 1.807) is 0 Å². The molecular formula is C17H25N3O. The Balaban J connectivity index is 1.68. The number of hydrogen-bond acceptors (Lipinski definition) is 3. The molecule has 1 fully saturated rings. The number of likely N-dealkylation sites (N-methyl/N-ethyl adjacent to an activating group) is 1. The van der Waals surface area contributed by atoms with Gasteiger partial charge in [0.05, 0.1) is 6.04 Å². The molecule has 2 heterocycles. The number of nitrogens with zero attached hydrogens (tertiary/aromatic N) is 2. The molecule has 2 aliphatic heterocycles. The summed E-state index contributed by atoms with van der Waals surface area (Å²) in [6, 6.07) is 8.82. The Morgan fingerprint density at radius 2 is 1.95 bits per heavy atom. The highest BCUT2D eigenvalue weighted by molar-refractivity contribution is 5.83. The minimum absolute atomic E-state index is 0.0620. The Labute approximate surface area is 127 Å². The van der Waals surface area contributed by atoms with Crippen LogP contribution in [0, 0.1) is 5.92 Å². The maximum Gasteiger partial charge on any atom is 0.240 e. The van der Waals surface area contributed by atoms with E-state index in [0.29, 0.717) is 12.0 Å². The first kappa shape index (κ1) is 14.5. The summed E-state index contributed by atoms with van der Waals surface area (Å²) >= 11 is 0. The highest BCUT2D eigenvalue weighted by Gasteiger charge is 2.36. The summed E-state index contributed by atoms with van der Waals surface area (Å²) in [6.45, 7) is 4.77. The lowest BCUT2D eigenvalue weighted by Gasteiger charge is -2.29. The summed E-state index contributed by atoms with van der Waals surface area (Å²) in [5.41, 5.74) is 2.63. The number of carbonyl (C=O) groups is 1. The van der Waals surface area contributed by atoms with Crippen molar-refractivity contribution in [1.29, 1.82) is 0 Å².